The van der Waals surface area contributed by atoms with Crippen LogP contribution in [0, 0.1) is 0 Å². The second kappa shape index (κ2) is 9.16. The van der Waals surface area contributed by atoms with Gasteiger partial charge in [0, 0.05) is 32.0 Å². The number of rotatable bonds is 8. The standard InChI is InChI=1S/C12H26N2O2S/c1-16-8-5-13-9-11(15)10-14-6-3-12(17-2)4-7-14/h11-13,15H,3-10H2,1-2H3. The van der Waals surface area contributed by atoms with E-state index in [9.17, 15) is 5.11 Å². The average Bonchev–Trinajstić information content (AvgIpc) is 2.36. The zero-order valence-corrected chi connectivity index (χ0v) is 11.8. The second-order valence-electron chi connectivity index (χ2n) is 4.59. The van der Waals surface area contributed by atoms with E-state index in [2.05, 4.69) is 16.5 Å². The fourth-order valence-electron chi connectivity index (χ4n) is 2.13. The lowest BCUT2D eigenvalue weighted by Crippen LogP contribution is -2.43. The van der Waals surface area contributed by atoms with E-state index >= 15 is 0 Å². The molecule has 1 atom stereocenters. The molecule has 1 heterocycles. The van der Waals surface area contributed by atoms with Crippen LogP contribution in [0.2, 0.25) is 0 Å². The van der Waals surface area contributed by atoms with Crippen molar-refractivity contribution in [2.24, 2.45) is 0 Å². The van der Waals surface area contributed by atoms with Crippen LogP contribution in [0.15, 0.2) is 0 Å². The van der Waals surface area contributed by atoms with Gasteiger partial charge in [-0.05, 0) is 32.2 Å². The van der Waals surface area contributed by atoms with Gasteiger partial charge < -0.3 is 20.1 Å². The molecule has 0 spiro atoms. The number of ether oxygens (including phenoxy) is 1. The van der Waals surface area contributed by atoms with Gasteiger partial charge in [-0.25, -0.2) is 0 Å². The highest BCUT2D eigenvalue weighted by Gasteiger charge is 2.19. The minimum atomic E-state index is -0.266. The van der Waals surface area contributed by atoms with Crippen molar-refractivity contribution in [3.05, 3.63) is 0 Å². The molecule has 0 bridgehead atoms. The molecule has 1 rings (SSSR count). The molecule has 1 saturated heterocycles. The first-order valence-corrected chi connectivity index (χ1v) is 7.68. The third-order valence-corrected chi connectivity index (χ3v) is 4.34. The number of aliphatic hydroxyl groups excluding tert-OH is 1. The van der Waals surface area contributed by atoms with Gasteiger partial charge >= 0.3 is 0 Å². The normalized spacial score (nSPS) is 20.6. The summed E-state index contributed by atoms with van der Waals surface area (Å²) in [6.07, 6.45) is 4.43. The summed E-state index contributed by atoms with van der Waals surface area (Å²) in [4.78, 5) is 2.37. The van der Waals surface area contributed by atoms with Crippen molar-refractivity contribution in [3.63, 3.8) is 0 Å². The Bertz CT molecular complexity index is 187. The number of β-amino-alcohol motifs (C(OH)–C–C–N with tert-alkyl or cyclic N) is 1. The Balaban J connectivity index is 2.04. The Morgan fingerprint density at radius 2 is 2.18 bits per heavy atom. The lowest BCUT2D eigenvalue weighted by atomic mass is 10.1. The van der Waals surface area contributed by atoms with Gasteiger partial charge in [-0.2, -0.15) is 11.8 Å². The van der Waals surface area contributed by atoms with Gasteiger partial charge in [-0.3, -0.25) is 0 Å². The maximum absolute atomic E-state index is 9.87. The Hall–Kier alpha value is 0.190. The molecule has 2 N–H and O–H groups in total. The van der Waals surface area contributed by atoms with Gasteiger partial charge in [0.1, 0.15) is 0 Å². The largest absolute Gasteiger partial charge is 0.390 e. The van der Waals surface area contributed by atoms with E-state index in [-0.39, 0.29) is 6.10 Å². The molecular weight excluding hydrogens is 236 g/mol. The fourth-order valence-corrected chi connectivity index (χ4v) is 2.82. The van der Waals surface area contributed by atoms with Crippen LogP contribution in [0.3, 0.4) is 0 Å². The molecule has 0 aromatic rings. The number of piperidine rings is 1. The van der Waals surface area contributed by atoms with Crippen molar-refractivity contribution in [3.8, 4) is 0 Å². The van der Waals surface area contributed by atoms with E-state index in [1.807, 2.05) is 11.8 Å². The van der Waals surface area contributed by atoms with Crippen LogP contribution >= 0.6 is 11.8 Å². The van der Waals surface area contributed by atoms with Crippen LogP contribution in [-0.4, -0.2) is 74.1 Å². The summed E-state index contributed by atoms with van der Waals surface area (Å²) in [5, 5.41) is 13.9. The summed E-state index contributed by atoms with van der Waals surface area (Å²) in [6, 6.07) is 0. The number of hydrogen-bond acceptors (Lipinski definition) is 5. The van der Waals surface area contributed by atoms with Crippen molar-refractivity contribution >= 4 is 11.8 Å². The molecule has 5 heteroatoms. The van der Waals surface area contributed by atoms with Crippen molar-refractivity contribution < 1.29 is 9.84 Å². The molecule has 102 valence electrons. The lowest BCUT2D eigenvalue weighted by molar-refractivity contribution is 0.0989. The maximum atomic E-state index is 9.87. The summed E-state index contributed by atoms with van der Waals surface area (Å²) >= 11 is 1.97. The van der Waals surface area contributed by atoms with Gasteiger partial charge in [-0.15, -0.1) is 0 Å². The monoisotopic (exact) mass is 262 g/mol. The fraction of sp³-hybridized carbons (Fsp3) is 1.00. The number of nitrogens with one attached hydrogen (secondary N) is 1. The van der Waals surface area contributed by atoms with Gasteiger partial charge in [0.25, 0.3) is 0 Å². The number of methoxy groups -OCH3 is 1. The number of hydrogen-bond donors (Lipinski definition) is 2. The number of likely N-dealkylation sites (tertiary alicyclic amines) is 1. The van der Waals surface area contributed by atoms with Gasteiger partial charge in [0.05, 0.1) is 12.7 Å². The molecular formula is C12H26N2O2S. The summed E-state index contributed by atoms with van der Waals surface area (Å²) in [7, 11) is 1.69. The molecule has 0 radical (unpaired) electrons. The van der Waals surface area contributed by atoms with Crippen LogP contribution in [0.25, 0.3) is 0 Å². The molecule has 0 aliphatic carbocycles. The predicted molar refractivity (Wildman–Crippen MR) is 73.7 cm³/mol. The summed E-state index contributed by atoms with van der Waals surface area (Å²) in [5.41, 5.74) is 0. The van der Waals surface area contributed by atoms with Crippen molar-refractivity contribution in [2.75, 3.05) is 52.7 Å². The van der Waals surface area contributed by atoms with E-state index in [1.54, 1.807) is 7.11 Å². The Kier molecular flexibility index (Phi) is 8.22. The first-order chi connectivity index (χ1) is 8.26. The highest BCUT2D eigenvalue weighted by Crippen LogP contribution is 2.20. The van der Waals surface area contributed by atoms with Crippen LogP contribution in [0.4, 0.5) is 0 Å². The number of aliphatic hydroxyl groups is 1. The van der Waals surface area contributed by atoms with Gasteiger partial charge in [0.2, 0.25) is 0 Å². The third-order valence-electron chi connectivity index (χ3n) is 3.20. The molecule has 1 aliphatic heterocycles. The summed E-state index contributed by atoms with van der Waals surface area (Å²) < 4.78 is 4.94. The van der Waals surface area contributed by atoms with Gasteiger partial charge in [0.15, 0.2) is 0 Å². The Morgan fingerprint density at radius 1 is 1.47 bits per heavy atom. The van der Waals surface area contributed by atoms with E-state index in [4.69, 9.17) is 4.74 Å². The van der Waals surface area contributed by atoms with E-state index < -0.39 is 0 Å². The van der Waals surface area contributed by atoms with Crippen LogP contribution in [-0.2, 0) is 4.74 Å². The molecule has 0 aromatic heterocycles. The quantitative estimate of drug-likeness (QED) is 0.620. The summed E-state index contributed by atoms with van der Waals surface area (Å²) in [5.74, 6) is 0. The Labute approximate surface area is 109 Å². The lowest BCUT2D eigenvalue weighted by Gasteiger charge is -2.32. The number of nitrogens with zero attached hydrogens (tertiary/aromatic N) is 1. The molecule has 1 unspecified atom stereocenters. The zero-order valence-electron chi connectivity index (χ0n) is 11.0. The first-order valence-electron chi connectivity index (χ1n) is 6.39. The smallest absolute Gasteiger partial charge is 0.0791 e. The van der Waals surface area contributed by atoms with Crippen LogP contribution in [0.1, 0.15) is 12.8 Å². The molecule has 0 aromatic carbocycles. The van der Waals surface area contributed by atoms with Gasteiger partial charge in [-0.1, -0.05) is 0 Å². The van der Waals surface area contributed by atoms with E-state index in [0.717, 1.165) is 31.4 Å². The maximum Gasteiger partial charge on any atom is 0.0791 e. The minimum Gasteiger partial charge on any atom is -0.390 e. The van der Waals surface area contributed by atoms with Crippen molar-refractivity contribution in [1.82, 2.24) is 10.2 Å². The third kappa shape index (κ3) is 6.62. The molecule has 0 saturated carbocycles. The van der Waals surface area contributed by atoms with E-state index in [0.29, 0.717) is 13.2 Å². The SMILES string of the molecule is COCCNCC(O)CN1CCC(SC)CC1. The second-order valence-corrected chi connectivity index (χ2v) is 5.72. The number of thioether (sulfide) groups is 1. The highest BCUT2D eigenvalue weighted by atomic mass is 32.2. The highest BCUT2D eigenvalue weighted by molar-refractivity contribution is 7.99. The summed E-state index contributed by atoms with van der Waals surface area (Å²) in [6.45, 7) is 5.21. The Morgan fingerprint density at radius 3 is 2.76 bits per heavy atom. The van der Waals surface area contributed by atoms with Crippen molar-refractivity contribution in [1.29, 1.82) is 0 Å². The van der Waals surface area contributed by atoms with E-state index in [1.165, 1.54) is 12.8 Å². The van der Waals surface area contributed by atoms with Crippen LogP contribution in [0.5, 0.6) is 0 Å². The predicted octanol–water partition coefficient (Wildman–Crippen LogP) is 0.411. The minimum absolute atomic E-state index is 0.266. The molecule has 1 fully saturated rings. The molecule has 0 amide bonds. The molecule has 1 aliphatic rings. The average molecular weight is 262 g/mol. The topological polar surface area (TPSA) is 44.7 Å². The molecule has 17 heavy (non-hydrogen) atoms. The van der Waals surface area contributed by atoms with Crippen molar-refractivity contribution in [2.45, 2.75) is 24.2 Å². The first kappa shape index (κ1) is 15.2. The van der Waals surface area contributed by atoms with Crippen LogP contribution < -0.4 is 5.32 Å². The molecule has 4 nitrogen and oxygen atoms in total. The zero-order chi connectivity index (χ0) is 12.5.